The van der Waals surface area contributed by atoms with Crippen molar-refractivity contribution >= 4 is 16.1 Å². The fourth-order valence-electron chi connectivity index (χ4n) is 0.534. The van der Waals surface area contributed by atoms with Gasteiger partial charge in [-0.2, -0.15) is 0 Å². The first-order valence-electron chi connectivity index (χ1n) is 3.12. The number of hydrogen-bond acceptors (Lipinski definition) is 6. The second-order valence-electron chi connectivity index (χ2n) is 1.92. The summed E-state index contributed by atoms with van der Waals surface area (Å²) < 4.78 is 34.1. The number of anilines is 1. The molecule has 0 aliphatic carbocycles. The number of hydrazine groups is 1. The van der Waals surface area contributed by atoms with E-state index in [-0.39, 0.29) is 0 Å². The Balaban J connectivity index is 0.000000252. The van der Waals surface area contributed by atoms with Gasteiger partial charge in [-0.3, -0.25) is 14.3 Å². The zero-order valence-electron chi connectivity index (χ0n) is 6.51. The molecule has 74 valence electrons. The average molecular weight is 204 g/mol. The molecule has 0 heterocycles. The second kappa shape index (κ2) is 5.49. The number of para-hydroxylation sites is 1. The predicted octanol–water partition coefficient (Wildman–Crippen LogP) is -0.366. The van der Waals surface area contributed by atoms with E-state index in [1.54, 1.807) is 0 Å². The van der Waals surface area contributed by atoms with Crippen LogP contribution in [0.1, 0.15) is 0 Å². The maximum Gasteiger partial charge on any atom is 0.0485 e. The van der Waals surface area contributed by atoms with Crippen LogP contribution in [0.25, 0.3) is 0 Å². The molecule has 0 bridgehead atoms. The Morgan fingerprint density at radius 2 is 1.54 bits per heavy atom. The Bertz CT molecular complexity index is 316. The summed E-state index contributed by atoms with van der Waals surface area (Å²) in [7, 11) is -5.17. The molecule has 0 saturated carbocycles. The van der Waals surface area contributed by atoms with Crippen LogP contribution >= 0.6 is 0 Å². The van der Waals surface area contributed by atoms with E-state index in [2.05, 4.69) is 5.43 Å². The number of benzene rings is 1. The molecule has 0 aliphatic rings. The van der Waals surface area contributed by atoms with E-state index in [1.807, 2.05) is 30.3 Å². The van der Waals surface area contributed by atoms with Crippen LogP contribution in [0.5, 0.6) is 0 Å². The molecule has 3 N–H and O–H groups in total. The third kappa shape index (κ3) is 10.8. The number of nitrogens with two attached hydrogens (primary N) is 1. The van der Waals surface area contributed by atoms with Gasteiger partial charge in [-0.25, -0.2) is 0 Å². The van der Waals surface area contributed by atoms with Gasteiger partial charge >= 0.3 is 0 Å². The van der Waals surface area contributed by atoms with E-state index in [9.17, 15) is 0 Å². The Kier molecular flexibility index (Phi) is 5.00. The standard InChI is InChI=1S/C6H8N2.H2O4S/c7-8-6-4-2-1-3-5-6;1-5(2,3)4/h1-5,8H,7H2;(H2,1,2,3,4)/p-2. The fraction of sp³-hybridized carbons (Fsp3) is 0. The number of nitrogen functional groups attached to an aromatic ring is 1. The lowest BCUT2D eigenvalue weighted by Crippen LogP contribution is -2.05. The molecule has 0 unspecified atom stereocenters. The summed E-state index contributed by atoms with van der Waals surface area (Å²) in [4.78, 5) is 0. The highest BCUT2D eigenvalue weighted by atomic mass is 32.3. The normalized spacial score (nSPS) is 9.77. The minimum absolute atomic E-state index is 0.938. The van der Waals surface area contributed by atoms with Crippen molar-refractivity contribution in [2.75, 3.05) is 5.43 Å². The maximum atomic E-state index is 8.52. The Morgan fingerprint density at radius 1 is 1.15 bits per heavy atom. The summed E-state index contributed by atoms with van der Waals surface area (Å²) in [6.45, 7) is 0. The zero-order valence-corrected chi connectivity index (χ0v) is 7.32. The molecule has 1 rings (SSSR count). The molecular weight excluding hydrogens is 196 g/mol. The average Bonchev–Trinajstić information content (AvgIpc) is 2.03. The summed E-state index contributed by atoms with van der Waals surface area (Å²) in [5, 5.41) is 0. The Labute approximate surface area is 75.9 Å². The van der Waals surface area contributed by atoms with Gasteiger partial charge in [0, 0.05) is 16.1 Å². The molecule has 0 fully saturated rings. The molecule has 0 radical (unpaired) electrons. The highest BCUT2D eigenvalue weighted by Crippen LogP contribution is 2.00. The maximum absolute atomic E-state index is 8.52. The fourth-order valence-corrected chi connectivity index (χ4v) is 0.534. The predicted molar refractivity (Wildman–Crippen MR) is 44.7 cm³/mol. The van der Waals surface area contributed by atoms with Gasteiger partial charge in [0.1, 0.15) is 0 Å². The molecule has 0 aliphatic heterocycles. The molecule has 7 heteroatoms. The lowest BCUT2D eigenvalue weighted by Gasteiger charge is -2.06. The molecule has 0 amide bonds. The largest absolute Gasteiger partial charge is 0.759 e. The van der Waals surface area contributed by atoms with E-state index < -0.39 is 10.4 Å². The van der Waals surface area contributed by atoms with Gasteiger partial charge in [0.2, 0.25) is 0 Å². The van der Waals surface area contributed by atoms with Gasteiger partial charge in [-0.15, -0.1) is 0 Å². The summed E-state index contributed by atoms with van der Waals surface area (Å²) in [5.41, 5.74) is 3.46. The van der Waals surface area contributed by atoms with Crippen LogP contribution in [-0.4, -0.2) is 17.5 Å². The van der Waals surface area contributed by atoms with Crippen LogP contribution < -0.4 is 11.3 Å². The lowest BCUT2D eigenvalue weighted by atomic mass is 10.3. The number of hydrogen-bond donors (Lipinski definition) is 2. The third-order valence-electron chi connectivity index (χ3n) is 0.940. The van der Waals surface area contributed by atoms with Gasteiger partial charge in [-0.05, 0) is 12.1 Å². The number of nitrogens with one attached hydrogen (secondary N) is 1. The number of rotatable bonds is 1. The van der Waals surface area contributed by atoms with Crippen molar-refractivity contribution in [3.8, 4) is 0 Å². The molecule has 13 heavy (non-hydrogen) atoms. The first kappa shape index (κ1) is 11.8. The van der Waals surface area contributed by atoms with Crippen molar-refractivity contribution in [2.24, 2.45) is 5.84 Å². The highest BCUT2D eigenvalue weighted by Gasteiger charge is 1.78. The van der Waals surface area contributed by atoms with Crippen molar-refractivity contribution < 1.29 is 17.5 Å². The van der Waals surface area contributed by atoms with Crippen molar-refractivity contribution in [3.05, 3.63) is 30.3 Å². The highest BCUT2D eigenvalue weighted by molar-refractivity contribution is 7.79. The third-order valence-corrected chi connectivity index (χ3v) is 0.940. The summed E-state index contributed by atoms with van der Waals surface area (Å²) in [6, 6.07) is 9.60. The van der Waals surface area contributed by atoms with Crippen LogP contribution in [0.4, 0.5) is 5.69 Å². The Morgan fingerprint density at radius 3 is 1.77 bits per heavy atom. The van der Waals surface area contributed by atoms with Crippen LogP contribution in [0, 0.1) is 0 Å². The van der Waals surface area contributed by atoms with Gasteiger partial charge in [-0.1, -0.05) is 18.2 Å². The summed E-state index contributed by atoms with van der Waals surface area (Å²) >= 11 is 0. The summed E-state index contributed by atoms with van der Waals surface area (Å²) in [5.74, 6) is 5.10. The van der Waals surface area contributed by atoms with Crippen LogP contribution in [0.15, 0.2) is 30.3 Å². The van der Waals surface area contributed by atoms with E-state index in [4.69, 9.17) is 23.4 Å². The van der Waals surface area contributed by atoms with Gasteiger partial charge < -0.3 is 14.5 Å². The van der Waals surface area contributed by atoms with Crippen molar-refractivity contribution in [1.29, 1.82) is 0 Å². The topological polar surface area (TPSA) is 118 Å². The Hall–Kier alpha value is -1.15. The minimum Gasteiger partial charge on any atom is -0.759 e. The van der Waals surface area contributed by atoms with Crippen LogP contribution in [0.3, 0.4) is 0 Å². The smallest absolute Gasteiger partial charge is 0.0485 e. The molecular formula is C6H8N2O4S-2. The molecule has 0 saturated heterocycles. The van der Waals surface area contributed by atoms with Crippen molar-refractivity contribution in [2.45, 2.75) is 0 Å². The molecule has 1 aromatic rings. The molecule has 6 nitrogen and oxygen atoms in total. The zero-order chi connectivity index (χ0) is 10.3. The molecule has 0 spiro atoms. The van der Waals surface area contributed by atoms with Crippen molar-refractivity contribution in [1.82, 2.24) is 0 Å². The molecule has 1 aromatic carbocycles. The lowest BCUT2D eigenvalue weighted by molar-refractivity contribution is 0.352. The van der Waals surface area contributed by atoms with Crippen LogP contribution in [0.2, 0.25) is 0 Å². The van der Waals surface area contributed by atoms with E-state index in [0.29, 0.717) is 0 Å². The molecule has 0 atom stereocenters. The first-order chi connectivity index (χ1) is 5.93. The van der Waals surface area contributed by atoms with Gasteiger partial charge in [0.25, 0.3) is 0 Å². The van der Waals surface area contributed by atoms with Gasteiger partial charge in [0.05, 0.1) is 0 Å². The summed E-state index contributed by atoms with van der Waals surface area (Å²) in [6.07, 6.45) is 0. The van der Waals surface area contributed by atoms with E-state index in [1.165, 1.54) is 0 Å². The van der Waals surface area contributed by atoms with Gasteiger partial charge in [0.15, 0.2) is 0 Å². The first-order valence-corrected chi connectivity index (χ1v) is 4.45. The van der Waals surface area contributed by atoms with Crippen LogP contribution in [-0.2, 0) is 10.4 Å². The monoisotopic (exact) mass is 204 g/mol. The SMILES string of the molecule is NNc1ccccc1.O=S(=O)([O-])[O-]. The van der Waals surface area contributed by atoms with Crippen molar-refractivity contribution in [3.63, 3.8) is 0 Å². The molecule has 0 aromatic heterocycles. The van der Waals surface area contributed by atoms with E-state index in [0.717, 1.165) is 5.69 Å². The second-order valence-corrected chi connectivity index (χ2v) is 2.74. The van der Waals surface area contributed by atoms with E-state index >= 15 is 0 Å². The quantitative estimate of drug-likeness (QED) is 0.279. The minimum atomic E-state index is -5.17.